The maximum atomic E-state index is 6.45. The monoisotopic (exact) mass is 484 g/mol. The van der Waals surface area contributed by atoms with E-state index in [-0.39, 0.29) is 5.41 Å². The van der Waals surface area contributed by atoms with Crippen LogP contribution in [0.15, 0.2) is 35.2 Å². The minimum atomic E-state index is 0.0129. The van der Waals surface area contributed by atoms with Crippen LogP contribution in [-0.2, 0) is 5.41 Å². The molecule has 0 aromatic heterocycles. The number of ether oxygens (including phenoxy) is 1. The van der Waals surface area contributed by atoms with E-state index in [2.05, 4.69) is 35.8 Å². The SMILES string of the molecule is CC1(C)COc2c(N3CCN(CCCSc4c(Cl)cccc4Cl)CC3)cc(Cl)cc21. The molecule has 0 saturated carbocycles. The molecule has 0 bridgehead atoms. The van der Waals surface area contributed by atoms with Gasteiger partial charge >= 0.3 is 0 Å². The third kappa shape index (κ3) is 4.83. The maximum Gasteiger partial charge on any atom is 0.146 e. The predicted octanol–water partition coefficient (Wildman–Crippen LogP) is 6.62. The number of thioether (sulfide) groups is 1. The van der Waals surface area contributed by atoms with Gasteiger partial charge < -0.3 is 9.64 Å². The molecule has 0 amide bonds. The molecule has 1 fully saturated rings. The summed E-state index contributed by atoms with van der Waals surface area (Å²) in [5.74, 6) is 2.03. The summed E-state index contributed by atoms with van der Waals surface area (Å²) in [4.78, 5) is 5.94. The van der Waals surface area contributed by atoms with Crippen molar-refractivity contribution in [2.24, 2.45) is 0 Å². The zero-order valence-corrected chi connectivity index (χ0v) is 20.5. The number of hydrogen-bond acceptors (Lipinski definition) is 4. The number of nitrogens with zero attached hydrogens (tertiary/aromatic N) is 2. The Morgan fingerprint density at radius 2 is 1.73 bits per heavy atom. The third-order valence-electron chi connectivity index (χ3n) is 5.84. The molecule has 4 rings (SSSR count). The number of fused-ring (bicyclic) bond motifs is 1. The Bertz CT molecular complexity index is 893. The molecule has 0 aliphatic carbocycles. The van der Waals surface area contributed by atoms with Crippen molar-refractivity contribution in [1.82, 2.24) is 4.90 Å². The smallest absolute Gasteiger partial charge is 0.146 e. The Kier molecular flexibility index (Phi) is 7.01. The van der Waals surface area contributed by atoms with Crippen LogP contribution in [0.4, 0.5) is 5.69 Å². The first-order valence-electron chi connectivity index (χ1n) is 10.4. The van der Waals surface area contributed by atoms with E-state index in [9.17, 15) is 0 Å². The summed E-state index contributed by atoms with van der Waals surface area (Å²) in [5.41, 5.74) is 2.38. The molecule has 0 unspecified atom stereocenters. The number of rotatable bonds is 6. The fourth-order valence-corrected chi connectivity index (χ4v) is 5.92. The molecule has 0 N–H and O–H groups in total. The van der Waals surface area contributed by atoms with Crippen LogP contribution in [-0.4, -0.2) is 50.0 Å². The minimum Gasteiger partial charge on any atom is -0.490 e. The first kappa shape index (κ1) is 22.4. The molecular formula is C23H27Cl3N2OS. The quantitative estimate of drug-likeness (QED) is 0.337. The van der Waals surface area contributed by atoms with E-state index in [4.69, 9.17) is 39.5 Å². The average molecular weight is 486 g/mol. The van der Waals surface area contributed by atoms with E-state index >= 15 is 0 Å². The topological polar surface area (TPSA) is 15.7 Å². The Balaban J connectivity index is 1.29. The molecule has 2 heterocycles. The van der Waals surface area contributed by atoms with Gasteiger partial charge in [0.2, 0.25) is 0 Å². The number of piperazine rings is 1. The number of halogens is 3. The normalized spacial score (nSPS) is 18.4. The molecule has 1 saturated heterocycles. The standard InChI is InChI=1S/C23H27Cl3N2OS/c1-23(2)15-29-21-17(23)13-16(24)14-20(21)28-10-8-27(9-11-28)7-4-12-30-22-18(25)5-3-6-19(22)26/h3,5-6,13-14H,4,7-12,15H2,1-2H3. The van der Waals surface area contributed by atoms with Crippen molar-refractivity contribution >= 4 is 52.3 Å². The third-order valence-corrected chi connectivity index (χ3v) is 8.13. The van der Waals surface area contributed by atoms with Crippen molar-refractivity contribution < 1.29 is 4.74 Å². The summed E-state index contributed by atoms with van der Waals surface area (Å²) in [6.45, 7) is 10.3. The summed E-state index contributed by atoms with van der Waals surface area (Å²) in [5, 5.41) is 2.26. The van der Waals surface area contributed by atoms with Gasteiger partial charge in [0.1, 0.15) is 5.75 Å². The van der Waals surface area contributed by atoms with Crippen molar-refractivity contribution in [2.75, 3.05) is 50.0 Å². The molecule has 0 spiro atoms. The summed E-state index contributed by atoms with van der Waals surface area (Å²) in [6, 6.07) is 9.79. The Morgan fingerprint density at radius 1 is 1.03 bits per heavy atom. The van der Waals surface area contributed by atoms with Gasteiger partial charge in [-0.1, -0.05) is 54.7 Å². The van der Waals surface area contributed by atoms with E-state index < -0.39 is 0 Å². The van der Waals surface area contributed by atoms with Gasteiger partial charge in [-0.05, 0) is 43.0 Å². The highest BCUT2D eigenvalue weighted by Gasteiger charge is 2.35. The lowest BCUT2D eigenvalue weighted by Gasteiger charge is -2.36. The van der Waals surface area contributed by atoms with E-state index in [1.165, 1.54) is 5.56 Å². The van der Waals surface area contributed by atoms with Gasteiger partial charge in [-0.2, -0.15) is 0 Å². The molecule has 0 radical (unpaired) electrons. The van der Waals surface area contributed by atoms with Crippen LogP contribution >= 0.6 is 46.6 Å². The summed E-state index contributed by atoms with van der Waals surface area (Å²) in [6.07, 6.45) is 1.11. The second-order valence-corrected chi connectivity index (χ2v) is 10.9. The van der Waals surface area contributed by atoms with Crippen molar-refractivity contribution in [1.29, 1.82) is 0 Å². The highest BCUT2D eigenvalue weighted by atomic mass is 35.5. The molecule has 2 aromatic carbocycles. The fraction of sp³-hybridized carbons (Fsp3) is 0.478. The summed E-state index contributed by atoms with van der Waals surface area (Å²) >= 11 is 20.7. The van der Waals surface area contributed by atoms with Crippen LogP contribution in [0.25, 0.3) is 0 Å². The van der Waals surface area contributed by atoms with E-state index in [0.29, 0.717) is 6.61 Å². The van der Waals surface area contributed by atoms with Gasteiger partial charge in [-0.25, -0.2) is 0 Å². The Labute approximate surface area is 198 Å². The molecule has 2 aliphatic rings. The van der Waals surface area contributed by atoms with E-state index in [1.54, 1.807) is 11.8 Å². The van der Waals surface area contributed by atoms with Gasteiger partial charge in [0.05, 0.1) is 22.3 Å². The molecule has 7 heteroatoms. The summed E-state index contributed by atoms with van der Waals surface area (Å²) < 4.78 is 6.08. The van der Waals surface area contributed by atoms with Crippen molar-refractivity contribution in [3.8, 4) is 5.75 Å². The van der Waals surface area contributed by atoms with Gasteiger partial charge in [-0.15, -0.1) is 11.8 Å². The van der Waals surface area contributed by atoms with Crippen LogP contribution in [0.5, 0.6) is 5.75 Å². The van der Waals surface area contributed by atoms with Gasteiger partial charge in [0.25, 0.3) is 0 Å². The van der Waals surface area contributed by atoms with Crippen LogP contribution < -0.4 is 9.64 Å². The molecule has 0 atom stereocenters. The number of hydrogen-bond donors (Lipinski definition) is 0. The highest BCUT2D eigenvalue weighted by molar-refractivity contribution is 7.99. The van der Waals surface area contributed by atoms with Gasteiger partial charge in [0, 0.05) is 47.1 Å². The van der Waals surface area contributed by atoms with Crippen molar-refractivity contribution in [3.63, 3.8) is 0 Å². The predicted molar refractivity (Wildman–Crippen MR) is 130 cm³/mol. The van der Waals surface area contributed by atoms with Crippen LogP contribution in [0.1, 0.15) is 25.8 Å². The first-order valence-corrected chi connectivity index (χ1v) is 12.5. The fourth-order valence-electron chi connectivity index (χ4n) is 4.09. The lowest BCUT2D eigenvalue weighted by atomic mass is 9.86. The second kappa shape index (κ2) is 9.38. The average Bonchev–Trinajstić information content (AvgIpc) is 3.01. The molecule has 2 aromatic rings. The zero-order chi connectivity index (χ0) is 21.3. The Hall–Kier alpha value is -0.780. The lowest BCUT2D eigenvalue weighted by molar-refractivity contribution is 0.257. The maximum absolute atomic E-state index is 6.45. The van der Waals surface area contributed by atoms with Crippen LogP contribution in [0, 0.1) is 0 Å². The van der Waals surface area contributed by atoms with Gasteiger partial charge in [0.15, 0.2) is 0 Å². The summed E-state index contributed by atoms with van der Waals surface area (Å²) in [7, 11) is 0. The second-order valence-electron chi connectivity index (χ2n) is 8.56. The first-order chi connectivity index (χ1) is 14.3. The van der Waals surface area contributed by atoms with E-state index in [0.717, 1.165) is 76.3 Å². The van der Waals surface area contributed by atoms with Crippen LogP contribution in [0.3, 0.4) is 0 Å². The van der Waals surface area contributed by atoms with Crippen LogP contribution in [0.2, 0.25) is 15.1 Å². The van der Waals surface area contributed by atoms with Crippen molar-refractivity contribution in [3.05, 3.63) is 51.0 Å². The molecule has 162 valence electrons. The molecule has 30 heavy (non-hydrogen) atoms. The molecule has 2 aliphatic heterocycles. The van der Waals surface area contributed by atoms with Gasteiger partial charge in [-0.3, -0.25) is 4.90 Å². The Morgan fingerprint density at radius 3 is 2.43 bits per heavy atom. The number of benzene rings is 2. The molecule has 3 nitrogen and oxygen atoms in total. The van der Waals surface area contributed by atoms with Crippen molar-refractivity contribution in [2.45, 2.75) is 30.6 Å². The number of anilines is 1. The van der Waals surface area contributed by atoms with E-state index in [1.807, 2.05) is 18.2 Å². The molecular weight excluding hydrogens is 459 g/mol. The zero-order valence-electron chi connectivity index (χ0n) is 17.4. The lowest BCUT2D eigenvalue weighted by Crippen LogP contribution is -2.46. The minimum absolute atomic E-state index is 0.0129. The largest absolute Gasteiger partial charge is 0.490 e. The highest BCUT2D eigenvalue weighted by Crippen LogP contribution is 2.46.